The Kier molecular flexibility index (Phi) is 4.80. The number of rotatable bonds is 4. The average molecular weight is 226 g/mol. The number of alkyl halides is 2. The molecule has 1 N–H and O–H groups in total. The van der Waals surface area contributed by atoms with Gasteiger partial charge in [0.25, 0.3) is 0 Å². The third-order valence-corrected chi connectivity index (χ3v) is 1.48. The van der Waals surface area contributed by atoms with Gasteiger partial charge in [-0.15, -0.1) is 0 Å². The molecule has 6 heteroatoms. The number of hydrogen-bond donors (Lipinski definition) is 1. The van der Waals surface area contributed by atoms with Crippen LogP contribution in [0, 0.1) is 0 Å². The van der Waals surface area contributed by atoms with E-state index in [1.54, 1.807) is 14.1 Å². The summed E-state index contributed by atoms with van der Waals surface area (Å²) in [5.74, 6) is -2.16. The number of Topliss-reactive ketones (excluding diaryl/α,β-unsaturated/α-hetero) is 1. The van der Waals surface area contributed by atoms with Gasteiger partial charge in [-0.25, -0.2) is 4.79 Å². The lowest BCUT2D eigenvalue weighted by Gasteiger charge is -2.07. The predicted octanol–water partition coefficient (Wildman–Crippen LogP) is 0.889. The minimum Gasteiger partial charge on any atom is -0.478 e. The summed E-state index contributed by atoms with van der Waals surface area (Å²) >= 11 is 10.5. The summed E-state index contributed by atoms with van der Waals surface area (Å²) in [6.45, 7) is 0. The number of carbonyl (C=O) groups excluding carboxylic acids is 1. The van der Waals surface area contributed by atoms with E-state index in [-0.39, 0.29) is 0 Å². The molecular weight excluding hydrogens is 217 g/mol. The Morgan fingerprint density at radius 2 is 1.85 bits per heavy atom. The lowest BCUT2D eigenvalue weighted by molar-refractivity contribution is -0.134. The van der Waals surface area contributed by atoms with Crippen molar-refractivity contribution < 1.29 is 14.7 Å². The van der Waals surface area contributed by atoms with Crippen molar-refractivity contribution in [2.75, 3.05) is 14.1 Å². The van der Waals surface area contributed by atoms with Gasteiger partial charge in [-0.3, -0.25) is 4.79 Å². The second kappa shape index (κ2) is 5.09. The zero-order valence-electron chi connectivity index (χ0n) is 7.12. The molecule has 0 aromatic carbocycles. The number of carboxylic acid groups (broad SMARTS) is 1. The average Bonchev–Trinajstić information content (AvgIpc) is 1.97. The van der Waals surface area contributed by atoms with Gasteiger partial charge in [0.1, 0.15) is 5.57 Å². The van der Waals surface area contributed by atoms with Crippen LogP contribution in [-0.2, 0) is 9.59 Å². The molecule has 0 radical (unpaired) electrons. The van der Waals surface area contributed by atoms with E-state index < -0.39 is 22.2 Å². The number of carboxylic acids is 1. The highest BCUT2D eigenvalue weighted by Crippen LogP contribution is 2.10. The van der Waals surface area contributed by atoms with Crippen molar-refractivity contribution in [1.82, 2.24) is 4.90 Å². The number of halogens is 2. The summed E-state index contributed by atoms with van der Waals surface area (Å²) in [6, 6.07) is 0. The van der Waals surface area contributed by atoms with Crippen LogP contribution in [0.25, 0.3) is 0 Å². The Hall–Kier alpha value is -0.740. The minimum atomic E-state index is -1.35. The molecule has 0 unspecified atom stereocenters. The van der Waals surface area contributed by atoms with Gasteiger partial charge in [0.05, 0.1) is 0 Å². The highest BCUT2D eigenvalue weighted by atomic mass is 35.5. The third kappa shape index (κ3) is 4.15. The van der Waals surface area contributed by atoms with Crippen molar-refractivity contribution in [2.45, 2.75) is 4.84 Å². The number of aliphatic carboxylic acids is 1. The summed E-state index contributed by atoms with van der Waals surface area (Å²) in [5.41, 5.74) is -0.431. The van der Waals surface area contributed by atoms with Crippen molar-refractivity contribution in [3.8, 4) is 0 Å². The van der Waals surface area contributed by atoms with Crippen LogP contribution in [-0.4, -0.2) is 40.7 Å². The minimum absolute atomic E-state index is 0.431. The molecule has 0 aliphatic heterocycles. The molecule has 0 amide bonds. The monoisotopic (exact) mass is 225 g/mol. The molecule has 0 aliphatic carbocycles. The standard InChI is InChI=1S/C7H9Cl2NO3/c1-10(2)3-4(7(12)13)5(11)6(8)9/h3,6H,1-2H3,(H,12,13). The Morgan fingerprint density at radius 3 is 2.08 bits per heavy atom. The third-order valence-electron chi connectivity index (χ3n) is 1.08. The smallest absolute Gasteiger partial charge is 0.340 e. The molecule has 0 spiro atoms. The number of nitrogens with zero attached hydrogens (tertiary/aromatic N) is 1. The van der Waals surface area contributed by atoms with E-state index in [4.69, 9.17) is 28.3 Å². The first-order valence-corrected chi connectivity index (χ1v) is 4.17. The normalized spacial score (nSPS) is 11.6. The van der Waals surface area contributed by atoms with Crippen LogP contribution in [0.4, 0.5) is 0 Å². The Bertz CT molecular complexity index is 248. The van der Waals surface area contributed by atoms with Gasteiger partial charge in [0.15, 0.2) is 4.84 Å². The molecule has 0 rings (SSSR count). The van der Waals surface area contributed by atoms with E-state index in [9.17, 15) is 9.59 Å². The van der Waals surface area contributed by atoms with Crippen LogP contribution in [0.3, 0.4) is 0 Å². The highest BCUT2D eigenvalue weighted by molar-refractivity contribution is 6.56. The second-order valence-electron chi connectivity index (χ2n) is 2.48. The first-order chi connectivity index (χ1) is 5.86. The van der Waals surface area contributed by atoms with Crippen LogP contribution in [0.1, 0.15) is 0 Å². The zero-order chi connectivity index (χ0) is 10.6. The zero-order valence-corrected chi connectivity index (χ0v) is 8.63. The van der Waals surface area contributed by atoms with Gasteiger partial charge in [-0.2, -0.15) is 0 Å². The molecule has 0 aliphatic rings. The summed E-state index contributed by atoms with van der Waals surface area (Å²) < 4.78 is 0. The van der Waals surface area contributed by atoms with E-state index in [2.05, 4.69) is 0 Å². The quantitative estimate of drug-likeness (QED) is 0.334. The van der Waals surface area contributed by atoms with Gasteiger partial charge in [0.2, 0.25) is 5.78 Å². The van der Waals surface area contributed by atoms with E-state index in [0.717, 1.165) is 6.20 Å². The highest BCUT2D eigenvalue weighted by Gasteiger charge is 2.23. The Balaban J connectivity index is 4.83. The van der Waals surface area contributed by atoms with Gasteiger partial charge >= 0.3 is 5.97 Å². The second-order valence-corrected chi connectivity index (χ2v) is 3.57. The maximum Gasteiger partial charge on any atom is 0.340 e. The lowest BCUT2D eigenvalue weighted by atomic mass is 10.2. The van der Waals surface area contributed by atoms with Crippen LogP contribution < -0.4 is 0 Å². The van der Waals surface area contributed by atoms with Gasteiger partial charge in [-0.1, -0.05) is 23.2 Å². The molecule has 4 nitrogen and oxygen atoms in total. The lowest BCUT2D eigenvalue weighted by Crippen LogP contribution is -2.20. The number of ketones is 1. The molecule has 0 aromatic heterocycles. The fourth-order valence-electron chi connectivity index (χ4n) is 0.600. The first-order valence-electron chi connectivity index (χ1n) is 3.30. The fourth-order valence-corrected chi connectivity index (χ4v) is 0.835. The predicted molar refractivity (Wildman–Crippen MR) is 49.9 cm³/mol. The fraction of sp³-hybridized carbons (Fsp3) is 0.429. The molecule has 13 heavy (non-hydrogen) atoms. The summed E-state index contributed by atoms with van der Waals surface area (Å²) in [5, 5.41) is 8.61. The van der Waals surface area contributed by atoms with E-state index >= 15 is 0 Å². The summed E-state index contributed by atoms with van der Waals surface area (Å²) in [6.07, 6.45) is 1.16. The van der Waals surface area contributed by atoms with Crippen molar-refractivity contribution in [1.29, 1.82) is 0 Å². The molecule has 0 saturated carbocycles. The van der Waals surface area contributed by atoms with Crippen molar-refractivity contribution in [3.63, 3.8) is 0 Å². The van der Waals surface area contributed by atoms with E-state index in [0.29, 0.717) is 0 Å². The largest absolute Gasteiger partial charge is 0.478 e. The van der Waals surface area contributed by atoms with Gasteiger partial charge < -0.3 is 10.0 Å². The SMILES string of the molecule is CN(C)C=C(C(=O)O)C(=O)C(Cl)Cl. The maximum absolute atomic E-state index is 11.1. The molecule has 0 bridgehead atoms. The van der Waals surface area contributed by atoms with Crippen molar-refractivity contribution in [2.24, 2.45) is 0 Å². The van der Waals surface area contributed by atoms with E-state index in [1.165, 1.54) is 4.90 Å². The van der Waals surface area contributed by atoms with Crippen LogP contribution in [0.5, 0.6) is 0 Å². The Morgan fingerprint density at radius 1 is 1.38 bits per heavy atom. The van der Waals surface area contributed by atoms with Crippen LogP contribution >= 0.6 is 23.2 Å². The van der Waals surface area contributed by atoms with Crippen molar-refractivity contribution >= 4 is 35.0 Å². The van der Waals surface area contributed by atoms with Gasteiger partial charge in [0, 0.05) is 20.3 Å². The summed E-state index contributed by atoms with van der Waals surface area (Å²) in [4.78, 5) is 21.7. The summed E-state index contributed by atoms with van der Waals surface area (Å²) in [7, 11) is 3.18. The molecular formula is C7H9Cl2NO3. The first kappa shape index (κ1) is 12.3. The molecule has 0 atom stereocenters. The molecule has 0 heterocycles. The number of carbonyl (C=O) groups is 2. The van der Waals surface area contributed by atoms with E-state index in [1.807, 2.05) is 0 Å². The molecule has 0 aromatic rings. The van der Waals surface area contributed by atoms with Crippen LogP contribution in [0.15, 0.2) is 11.8 Å². The topological polar surface area (TPSA) is 57.6 Å². The maximum atomic E-state index is 11.1. The molecule has 0 fully saturated rings. The molecule has 0 saturated heterocycles. The number of hydrogen-bond acceptors (Lipinski definition) is 3. The van der Waals surface area contributed by atoms with Crippen LogP contribution in [0.2, 0.25) is 0 Å². The Labute approximate surface area is 85.7 Å². The molecule has 74 valence electrons. The van der Waals surface area contributed by atoms with Crippen molar-refractivity contribution in [3.05, 3.63) is 11.8 Å². The van der Waals surface area contributed by atoms with Gasteiger partial charge in [-0.05, 0) is 0 Å².